The van der Waals surface area contributed by atoms with E-state index in [-0.39, 0.29) is 0 Å². The number of fused-ring (bicyclic) bond motifs is 4. The minimum Gasteiger partial charge on any atom is -0.370 e. The molecule has 1 saturated heterocycles. The van der Waals surface area contributed by atoms with Gasteiger partial charge in [0.2, 0.25) is 0 Å². The van der Waals surface area contributed by atoms with Crippen LogP contribution in [0.1, 0.15) is 30.1 Å². The molecular formula is C14H19NO. The monoisotopic (exact) mass is 217 g/mol. The molecule has 2 heteroatoms. The molecule has 3 atom stereocenters. The minimum atomic E-state index is 0.330. The molecule has 0 N–H and O–H groups in total. The largest absolute Gasteiger partial charge is 0.370 e. The van der Waals surface area contributed by atoms with Gasteiger partial charge in [0, 0.05) is 6.04 Å². The second-order valence-corrected chi connectivity index (χ2v) is 5.24. The van der Waals surface area contributed by atoms with E-state index in [1.807, 2.05) is 0 Å². The summed E-state index contributed by atoms with van der Waals surface area (Å²) in [6, 6.07) is 9.44. The van der Waals surface area contributed by atoms with Gasteiger partial charge in [0.1, 0.15) is 0 Å². The number of hydrogen-bond acceptors (Lipinski definition) is 2. The molecule has 0 amide bonds. The summed E-state index contributed by atoms with van der Waals surface area (Å²) < 4.78 is 6.10. The molecule has 2 aliphatic heterocycles. The van der Waals surface area contributed by atoms with E-state index >= 15 is 0 Å². The molecule has 2 bridgehead atoms. The third-order valence-corrected chi connectivity index (χ3v) is 3.96. The number of rotatable bonds is 1. The van der Waals surface area contributed by atoms with Gasteiger partial charge in [0.25, 0.3) is 0 Å². The molecule has 2 nitrogen and oxygen atoms in total. The van der Waals surface area contributed by atoms with Gasteiger partial charge in [0.05, 0.1) is 12.2 Å². The van der Waals surface area contributed by atoms with Gasteiger partial charge in [-0.15, -0.1) is 0 Å². The highest BCUT2D eigenvalue weighted by Crippen LogP contribution is 2.40. The highest BCUT2D eigenvalue weighted by Gasteiger charge is 2.36. The van der Waals surface area contributed by atoms with Crippen LogP contribution in [-0.4, -0.2) is 31.1 Å². The van der Waals surface area contributed by atoms with Gasteiger partial charge in [-0.2, -0.15) is 0 Å². The Kier molecular flexibility index (Phi) is 2.49. The van der Waals surface area contributed by atoms with E-state index in [9.17, 15) is 0 Å². The highest BCUT2D eigenvalue weighted by atomic mass is 16.5. The first-order chi connectivity index (χ1) is 7.74. The summed E-state index contributed by atoms with van der Waals surface area (Å²) in [6.07, 6.45) is 4.17. The van der Waals surface area contributed by atoms with E-state index in [2.05, 4.69) is 43.3 Å². The number of ether oxygens (including phenoxy) is 1. The molecule has 1 aromatic carbocycles. The molecule has 0 spiro atoms. The Morgan fingerprint density at radius 1 is 1.19 bits per heavy atom. The predicted molar refractivity (Wildman–Crippen MR) is 64.5 cm³/mol. The lowest BCUT2D eigenvalue weighted by Crippen LogP contribution is -2.42. The molecule has 16 heavy (non-hydrogen) atoms. The van der Waals surface area contributed by atoms with Gasteiger partial charge in [-0.3, -0.25) is 0 Å². The number of nitrogens with zero attached hydrogens (tertiary/aromatic N) is 1. The van der Waals surface area contributed by atoms with Gasteiger partial charge >= 0.3 is 0 Å². The quantitative estimate of drug-likeness (QED) is 0.716. The Morgan fingerprint density at radius 2 is 2.00 bits per heavy atom. The molecule has 3 rings (SSSR count). The van der Waals surface area contributed by atoms with Crippen LogP contribution in [0.25, 0.3) is 0 Å². The van der Waals surface area contributed by atoms with Gasteiger partial charge in [-0.05, 0) is 44.5 Å². The molecule has 0 radical (unpaired) electrons. The second kappa shape index (κ2) is 3.86. The molecule has 1 aromatic rings. The van der Waals surface area contributed by atoms with Gasteiger partial charge in [0.15, 0.2) is 0 Å². The predicted octanol–water partition coefficient (Wildman–Crippen LogP) is 2.39. The standard InChI is InChI=1S/C14H19NO/c1-15(2)11-8-12-7-10-5-3-4-6-13(10)14(9-11)16-12/h3-6,11-12,14H,7-9H2,1-2H3/t11-,12?,14?/m0/s1. The molecule has 1 fully saturated rings. The molecule has 2 unspecified atom stereocenters. The van der Waals surface area contributed by atoms with Crippen LogP contribution in [0.2, 0.25) is 0 Å². The summed E-state index contributed by atoms with van der Waals surface area (Å²) in [4.78, 5) is 2.34. The summed E-state index contributed by atoms with van der Waals surface area (Å²) in [5, 5.41) is 0. The number of hydrogen-bond donors (Lipinski definition) is 0. The molecule has 0 saturated carbocycles. The fourth-order valence-electron chi connectivity index (χ4n) is 3.02. The Bertz CT molecular complexity index is 388. The SMILES string of the molecule is CN(C)[C@H]1CC2Cc3ccccc3C(C1)O2. The van der Waals surface area contributed by atoms with Gasteiger partial charge in [-0.25, -0.2) is 0 Å². The van der Waals surface area contributed by atoms with Crippen LogP contribution in [0, 0.1) is 0 Å². The Balaban J connectivity index is 1.91. The average Bonchev–Trinajstić information content (AvgIpc) is 2.28. The van der Waals surface area contributed by atoms with Crippen molar-refractivity contribution in [1.29, 1.82) is 0 Å². The van der Waals surface area contributed by atoms with E-state index in [0.717, 1.165) is 12.8 Å². The third-order valence-electron chi connectivity index (χ3n) is 3.96. The molecule has 2 aliphatic rings. The van der Waals surface area contributed by atoms with Crippen molar-refractivity contribution in [3.05, 3.63) is 35.4 Å². The van der Waals surface area contributed by atoms with Crippen molar-refractivity contribution < 1.29 is 4.74 Å². The summed E-state index contributed by atoms with van der Waals surface area (Å²) in [6.45, 7) is 0. The first-order valence-corrected chi connectivity index (χ1v) is 6.13. The smallest absolute Gasteiger partial charge is 0.0846 e. The first-order valence-electron chi connectivity index (χ1n) is 6.13. The zero-order chi connectivity index (χ0) is 11.1. The lowest BCUT2D eigenvalue weighted by Gasteiger charge is -2.42. The molecule has 0 aliphatic carbocycles. The van der Waals surface area contributed by atoms with Crippen molar-refractivity contribution in [2.45, 2.75) is 37.5 Å². The minimum absolute atomic E-state index is 0.330. The van der Waals surface area contributed by atoms with Crippen LogP contribution in [0.3, 0.4) is 0 Å². The van der Waals surface area contributed by atoms with E-state index in [4.69, 9.17) is 4.74 Å². The third kappa shape index (κ3) is 1.66. The maximum Gasteiger partial charge on any atom is 0.0846 e. The first kappa shape index (κ1) is 10.3. The van der Waals surface area contributed by atoms with E-state index in [1.54, 1.807) is 0 Å². The maximum atomic E-state index is 6.10. The van der Waals surface area contributed by atoms with Gasteiger partial charge < -0.3 is 9.64 Å². The zero-order valence-corrected chi connectivity index (χ0v) is 10.0. The van der Waals surface area contributed by atoms with Crippen LogP contribution in [0.4, 0.5) is 0 Å². The maximum absolute atomic E-state index is 6.10. The topological polar surface area (TPSA) is 12.5 Å². The Morgan fingerprint density at radius 3 is 2.81 bits per heavy atom. The highest BCUT2D eigenvalue weighted by molar-refractivity contribution is 5.32. The Labute approximate surface area is 97.2 Å². The molecular weight excluding hydrogens is 198 g/mol. The summed E-state index contributed by atoms with van der Waals surface area (Å²) in [7, 11) is 4.36. The van der Waals surface area contributed by atoms with E-state index < -0.39 is 0 Å². The van der Waals surface area contributed by atoms with Crippen LogP contribution in [0.15, 0.2) is 24.3 Å². The average molecular weight is 217 g/mol. The van der Waals surface area contributed by atoms with Crippen molar-refractivity contribution >= 4 is 0 Å². The van der Waals surface area contributed by atoms with Crippen molar-refractivity contribution in [3.63, 3.8) is 0 Å². The molecule has 2 heterocycles. The second-order valence-electron chi connectivity index (χ2n) is 5.24. The van der Waals surface area contributed by atoms with Crippen molar-refractivity contribution in [2.75, 3.05) is 14.1 Å². The molecule has 0 aromatic heterocycles. The van der Waals surface area contributed by atoms with Crippen molar-refractivity contribution in [2.24, 2.45) is 0 Å². The van der Waals surface area contributed by atoms with Crippen LogP contribution in [-0.2, 0) is 11.2 Å². The zero-order valence-electron chi connectivity index (χ0n) is 10.0. The van der Waals surface area contributed by atoms with Crippen LogP contribution < -0.4 is 0 Å². The van der Waals surface area contributed by atoms with Crippen LogP contribution >= 0.6 is 0 Å². The fraction of sp³-hybridized carbons (Fsp3) is 0.571. The van der Waals surface area contributed by atoms with Crippen molar-refractivity contribution in [3.8, 4) is 0 Å². The number of benzene rings is 1. The van der Waals surface area contributed by atoms with Crippen LogP contribution in [0.5, 0.6) is 0 Å². The fourth-order valence-corrected chi connectivity index (χ4v) is 3.02. The summed E-state index contributed by atoms with van der Waals surface area (Å²) in [5.41, 5.74) is 2.92. The van der Waals surface area contributed by atoms with E-state index in [0.29, 0.717) is 18.2 Å². The Hall–Kier alpha value is -0.860. The van der Waals surface area contributed by atoms with E-state index in [1.165, 1.54) is 17.5 Å². The summed E-state index contributed by atoms with van der Waals surface area (Å²) in [5.74, 6) is 0. The normalized spacial score (nSPS) is 32.6. The van der Waals surface area contributed by atoms with Crippen molar-refractivity contribution in [1.82, 2.24) is 4.90 Å². The lowest BCUT2D eigenvalue weighted by atomic mass is 9.83. The van der Waals surface area contributed by atoms with Gasteiger partial charge in [-0.1, -0.05) is 24.3 Å². The lowest BCUT2D eigenvalue weighted by molar-refractivity contribution is -0.0871. The summed E-state index contributed by atoms with van der Waals surface area (Å²) >= 11 is 0. The molecule has 86 valence electrons.